The molecule has 0 radical (unpaired) electrons. The number of hydrogen-bond donors (Lipinski definition) is 1. The minimum Gasteiger partial charge on any atom is -0.481 e. The molecule has 1 heterocycles. The quantitative estimate of drug-likeness (QED) is 0.798. The van der Waals surface area contributed by atoms with Gasteiger partial charge in [-0.2, -0.15) is 4.31 Å². The highest BCUT2D eigenvalue weighted by Gasteiger charge is 2.44. The van der Waals surface area contributed by atoms with Crippen molar-refractivity contribution in [1.82, 2.24) is 9.21 Å². The Bertz CT molecular complexity index is 519. The summed E-state index contributed by atoms with van der Waals surface area (Å²) in [5.41, 5.74) is 0. The van der Waals surface area contributed by atoms with Crippen LogP contribution in [0.2, 0.25) is 0 Å². The highest BCUT2D eigenvalue weighted by atomic mass is 32.2. The van der Waals surface area contributed by atoms with E-state index >= 15 is 0 Å². The summed E-state index contributed by atoms with van der Waals surface area (Å²) >= 11 is 0. The number of amides is 1. The van der Waals surface area contributed by atoms with Gasteiger partial charge in [-0.15, -0.1) is 0 Å². The monoisotopic (exact) mass is 318 g/mol. The predicted molar refractivity (Wildman–Crippen MR) is 76.1 cm³/mol. The van der Waals surface area contributed by atoms with Gasteiger partial charge in [0.25, 0.3) is 0 Å². The van der Waals surface area contributed by atoms with E-state index in [0.29, 0.717) is 45.3 Å². The zero-order valence-electron chi connectivity index (χ0n) is 12.2. The molecule has 1 aliphatic carbocycles. The second-order valence-corrected chi connectivity index (χ2v) is 7.87. The van der Waals surface area contributed by atoms with E-state index in [1.54, 1.807) is 4.90 Å². The fraction of sp³-hybridized carbons (Fsp3) is 0.846. The topological polar surface area (TPSA) is 95.0 Å². The molecule has 0 bridgehead atoms. The van der Waals surface area contributed by atoms with Gasteiger partial charge >= 0.3 is 5.97 Å². The van der Waals surface area contributed by atoms with Crippen molar-refractivity contribution in [3.63, 3.8) is 0 Å². The molecule has 0 aromatic rings. The number of rotatable bonds is 3. The van der Waals surface area contributed by atoms with Gasteiger partial charge < -0.3 is 10.0 Å². The number of carboxylic acid groups (broad SMARTS) is 1. The maximum atomic E-state index is 12.7. The van der Waals surface area contributed by atoms with Crippen molar-refractivity contribution in [2.24, 2.45) is 5.92 Å². The van der Waals surface area contributed by atoms with Crippen molar-refractivity contribution in [2.75, 3.05) is 26.2 Å². The molecule has 0 aromatic carbocycles. The Morgan fingerprint density at radius 3 is 2.38 bits per heavy atom. The fourth-order valence-electron chi connectivity index (χ4n) is 3.22. The summed E-state index contributed by atoms with van der Waals surface area (Å²) in [6.07, 6.45) is 2.05. The lowest BCUT2D eigenvalue weighted by Gasteiger charge is -2.26. The van der Waals surface area contributed by atoms with Crippen LogP contribution in [0.25, 0.3) is 0 Å². The van der Waals surface area contributed by atoms with E-state index in [4.69, 9.17) is 0 Å². The van der Waals surface area contributed by atoms with Gasteiger partial charge in [0.2, 0.25) is 15.9 Å². The first-order valence-corrected chi connectivity index (χ1v) is 8.81. The number of carbonyl (C=O) groups is 2. The summed E-state index contributed by atoms with van der Waals surface area (Å²) in [4.78, 5) is 24.2. The summed E-state index contributed by atoms with van der Waals surface area (Å²) in [7, 11) is -3.61. The third-order valence-corrected chi connectivity index (χ3v) is 6.83. The summed E-state index contributed by atoms with van der Waals surface area (Å²) in [5, 5.41) is 8.36. The van der Waals surface area contributed by atoms with E-state index in [0.717, 1.165) is 0 Å². The van der Waals surface area contributed by atoms with Gasteiger partial charge in [-0.3, -0.25) is 9.59 Å². The zero-order chi connectivity index (χ0) is 15.6. The van der Waals surface area contributed by atoms with Crippen molar-refractivity contribution in [2.45, 2.75) is 37.9 Å². The van der Waals surface area contributed by atoms with Gasteiger partial charge in [-0.25, -0.2) is 8.42 Å². The lowest BCUT2D eigenvalue weighted by atomic mass is 10.1. The molecular formula is C13H22N2O5S. The van der Waals surface area contributed by atoms with Crippen LogP contribution in [0.15, 0.2) is 0 Å². The maximum absolute atomic E-state index is 12.7. The Morgan fingerprint density at radius 1 is 1.05 bits per heavy atom. The van der Waals surface area contributed by atoms with E-state index in [2.05, 4.69) is 0 Å². The van der Waals surface area contributed by atoms with Crippen LogP contribution in [0.3, 0.4) is 0 Å². The van der Waals surface area contributed by atoms with E-state index in [-0.39, 0.29) is 12.5 Å². The van der Waals surface area contributed by atoms with Crippen molar-refractivity contribution >= 4 is 21.9 Å². The van der Waals surface area contributed by atoms with Gasteiger partial charge in [0, 0.05) is 33.1 Å². The van der Waals surface area contributed by atoms with Crippen LogP contribution in [0, 0.1) is 5.92 Å². The summed E-state index contributed by atoms with van der Waals surface area (Å²) in [6.45, 7) is 3.01. The molecule has 8 heteroatoms. The van der Waals surface area contributed by atoms with Crippen LogP contribution in [0.5, 0.6) is 0 Å². The molecule has 1 saturated heterocycles. The van der Waals surface area contributed by atoms with Crippen LogP contribution < -0.4 is 0 Å². The smallest absolute Gasteiger partial charge is 0.307 e. The molecule has 120 valence electrons. The second kappa shape index (κ2) is 6.31. The highest BCUT2D eigenvalue weighted by molar-refractivity contribution is 7.89. The lowest BCUT2D eigenvalue weighted by Crippen LogP contribution is -2.44. The van der Waals surface area contributed by atoms with E-state index in [9.17, 15) is 23.1 Å². The maximum Gasteiger partial charge on any atom is 0.307 e. The van der Waals surface area contributed by atoms with Crippen LogP contribution in [0.4, 0.5) is 0 Å². The molecule has 2 fully saturated rings. The molecular weight excluding hydrogens is 296 g/mol. The first-order valence-electron chi connectivity index (χ1n) is 7.31. The molecule has 2 rings (SSSR count). The Morgan fingerprint density at radius 2 is 1.76 bits per heavy atom. The first-order chi connectivity index (χ1) is 9.84. The molecule has 1 aliphatic heterocycles. The Kier molecular flexibility index (Phi) is 4.88. The summed E-state index contributed by atoms with van der Waals surface area (Å²) in [5.74, 6) is -1.89. The van der Waals surface area contributed by atoms with Gasteiger partial charge in [0.05, 0.1) is 11.2 Å². The van der Waals surface area contributed by atoms with E-state index in [1.807, 2.05) is 0 Å². The number of sulfonamides is 1. The Balaban J connectivity index is 2.12. The SMILES string of the molecule is CC(=O)N1CCCN(S(=O)(=O)C2CCCC2C(=O)O)CC1. The van der Waals surface area contributed by atoms with Crippen molar-refractivity contribution in [3.05, 3.63) is 0 Å². The minimum absolute atomic E-state index is 0.0569. The number of aliphatic carboxylic acids is 1. The van der Waals surface area contributed by atoms with Crippen LogP contribution in [-0.2, 0) is 19.6 Å². The molecule has 2 atom stereocenters. The number of carboxylic acids is 1. The molecule has 1 amide bonds. The number of hydrogen-bond acceptors (Lipinski definition) is 4. The third-order valence-electron chi connectivity index (χ3n) is 4.41. The standard InChI is InChI=1S/C13H22N2O5S/c1-10(16)14-6-3-7-15(9-8-14)21(19,20)12-5-2-4-11(12)13(17)18/h11-12H,2-9H2,1H3,(H,17,18). The average Bonchev–Trinajstić information content (AvgIpc) is 2.76. The van der Waals surface area contributed by atoms with Gasteiger partial charge in [0.1, 0.15) is 0 Å². The van der Waals surface area contributed by atoms with Crippen molar-refractivity contribution in [1.29, 1.82) is 0 Å². The first kappa shape index (κ1) is 16.2. The molecule has 0 spiro atoms. The lowest BCUT2D eigenvalue weighted by molar-refractivity contribution is -0.141. The Labute approximate surface area is 125 Å². The number of nitrogens with zero attached hydrogens (tertiary/aromatic N) is 2. The average molecular weight is 318 g/mol. The molecule has 1 saturated carbocycles. The Hall–Kier alpha value is -1.15. The van der Waals surface area contributed by atoms with Crippen molar-refractivity contribution < 1.29 is 23.1 Å². The largest absolute Gasteiger partial charge is 0.481 e. The van der Waals surface area contributed by atoms with E-state index < -0.39 is 27.2 Å². The molecule has 7 nitrogen and oxygen atoms in total. The fourth-order valence-corrected chi connectivity index (χ4v) is 5.45. The predicted octanol–water partition coefficient (Wildman–Crippen LogP) is 0.124. The number of carbonyl (C=O) groups excluding carboxylic acids is 1. The molecule has 0 aromatic heterocycles. The van der Waals surface area contributed by atoms with Gasteiger partial charge in [-0.1, -0.05) is 6.42 Å². The third kappa shape index (κ3) is 3.37. The van der Waals surface area contributed by atoms with Crippen LogP contribution >= 0.6 is 0 Å². The molecule has 21 heavy (non-hydrogen) atoms. The van der Waals surface area contributed by atoms with Crippen molar-refractivity contribution in [3.8, 4) is 0 Å². The molecule has 2 unspecified atom stereocenters. The normalized spacial score (nSPS) is 28.3. The molecule has 2 aliphatic rings. The van der Waals surface area contributed by atoms with Crippen LogP contribution in [0.1, 0.15) is 32.6 Å². The van der Waals surface area contributed by atoms with Gasteiger partial charge in [0.15, 0.2) is 0 Å². The second-order valence-electron chi connectivity index (χ2n) is 5.72. The highest BCUT2D eigenvalue weighted by Crippen LogP contribution is 2.33. The zero-order valence-corrected chi connectivity index (χ0v) is 13.0. The van der Waals surface area contributed by atoms with Gasteiger partial charge in [-0.05, 0) is 19.3 Å². The van der Waals surface area contributed by atoms with E-state index in [1.165, 1.54) is 11.2 Å². The summed E-state index contributed by atoms with van der Waals surface area (Å²) in [6, 6.07) is 0. The summed E-state index contributed by atoms with van der Waals surface area (Å²) < 4.78 is 26.8. The molecule has 1 N–H and O–H groups in total. The van der Waals surface area contributed by atoms with Crippen LogP contribution in [-0.4, -0.2) is 66.0 Å². The minimum atomic E-state index is -3.61.